The fraction of sp³-hybridized carbons (Fsp3) is 0.560. The lowest BCUT2D eigenvalue weighted by Gasteiger charge is -2.09. The Hall–Kier alpha value is -6.16. The molecule has 610 valence electrons. The van der Waals surface area contributed by atoms with Crippen molar-refractivity contribution in [2.75, 3.05) is 13.2 Å². The Morgan fingerprint density at radius 3 is 0.920 bits per heavy atom. The molecular formula is C100H135N3O4S6. The molecule has 0 unspecified atom stereocenters. The maximum absolute atomic E-state index is 13.4. The highest BCUT2D eigenvalue weighted by Gasteiger charge is 2.24. The number of nitriles is 2. The molecule has 0 spiro atoms. The first-order chi connectivity index (χ1) is 55.6. The highest BCUT2D eigenvalue weighted by atomic mass is 32.1. The molecule has 0 aliphatic rings. The maximum Gasteiger partial charge on any atom is 0.348 e. The van der Waals surface area contributed by atoms with Crippen LogP contribution in [0.2, 0.25) is 0 Å². The summed E-state index contributed by atoms with van der Waals surface area (Å²) in [6.45, 7) is 17.6. The van der Waals surface area contributed by atoms with Gasteiger partial charge < -0.3 is 14.0 Å². The van der Waals surface area contributed by atoms with Crippen molar-refractivity contribution in [3.63, 3.8) is 0 Å². The second-order valence-electron chi connectivity index (χ2n) is 31.9. The number of nitrogens with zero attached hydrogens (tertiary/aromatic N) is 3. The molecule has 113 heavy (non-hydrogen) atoms. The van der Waals surface area contributed by atoms with Crippen molar-refractivity contribution in [2.45, 2.75) is 350 Å². The average molecular weight is 1640 g/mol. The van der Waals surface area contributed by atoms with E-state index in [4.69, 9.17) is 9.47 Å². The van der Waals surface area contributed by atoms with Gasteiger partial charge in [-0.05, 0) is 177 Å². The van der Waals surface area contributed by atoms with Crippen LogP contribution < -0.4 is 0 Å². The Morgan fingerprint density at radius 1 is 0.319 bits per heavy atom. The van der Waals surface area contributed by atoms with E-state index in [1.165, 1.54) is 316 Å². The number of hydrogen-bond acceptors (Lipinski definition) is 12. The summed E-state index contributed by atoms with van der Waals surface area (Å²) in [4.78, 5) is 41.7. The van der Waals surface area contributed by atoms with Crippen molar-refractivity contribution < 1.29 is 19.1 Å². The van der Waals surface area contributed by atoms with E-state index >= 15 is 0 Å². The fourth-order valence-corrected chi connectivity index (χ4v) is 23.1. The molecule has 2 aromatic carbocycles. The molecule has 0 atom stereocenters. The van der Waals surface area contributed by atoms with Gasteiger partial charge in [-0.25, -0.2) is 9.59 Å². The predicted molar refractivity (Wildman–Crippen MR) is 497 cm³/mol. The van der Waals surface area contributed by atoms with E-state index in [1.54, 1.807) is 34.8 Å². The minimum absolute atomic E-state index is 0.0738. The molecule has 13 heteroatoms. The number of benzene rings is 2. The van der Waals surface area contributed by atoms with Gasteiger partial charge in [0.05, 0.1) is 13.2 Å². The molecule has 0 N–H and O–H groups in total. The monoisotopic (exact) mass is 1630 g/mol. The van der Waals surface area contributed by atoms with Crippen molar-refractivity contribution in [3.8, 4) is 72.0 Å². The van der Waals surface area contributed by atoms with Crippen LogP contribution in [0.3, 0.4) is 0 Å². The average Bonchev–Trinajstić information content (AvgIpc) is 1.59. The number of carbonyl (C=O) groups excluding carboxylic acids is 2. The summed E-state index contributed by atoms with van der Waals surface area (Å²) in [5.41, 5.74) is 10.9. The highest BCUT2D eigenvalue weighted by molar-refractivity contribution is 7.28. The van der Waals surface area contributed by atoms with Crippen molar-refractivity contribution in [1.29, 1.82) is 10.5 Å². The smallest absolute Gasteiger partial charge is 0.348 e. The third-order valence-electron chi connectivity index (χ3n) is 22.5. The largest absolute Gasteiger partial charge is 0.462 e. The van der Waals surface area contributed by atoms with Gasteiger partial charge >= 0.3 is 11.9 Å². The van der Waals surface area contributed by atoms with Crippen LogP contribution in [0.1, 0.15) is 350 Å². The van der Waals surface area contributed by atoms with Crippen LogP contribution in [0.25, 0.3) is 93.9 Å². The van der Waals surface area contributed by atoms with E-state index in [2.05, 4.69) is 150 Å². The Kier molecular flexibility index (Phi) is 41.6. The molecule has 0 saturated carbocycles. The lowest BCUT2D eigenvalue weighted by Crippen LogP contribution is -2.07. The summed E-state index contributed by atoms with van der Waals surface area (Å²) in [6.07, 6.45) is 58.1. The summed E-state index contributed by atoms with van der Waals surface area (Å²) in [6, 6.07) is 38.1. The number of unbranched alkanes of at least 4 members (excludes halogenated alkanes) is 35. The van der Waals surface area contributed by atoms with Crippen molar-refractivity contribution in [1.82, 2.24) is 4.57 Å². The molecule has 0 amide bonds. The van der Waals surface area contributed by atoms with Gasteiger partial charge in [0.1, 0.15) is 23.3 Å². The highest BCUT2D eigenvalue weighted by Crippen LogP contribution is 2.50. The van der Waals surface area contributed by atoms with Crippen LogP contribution >= 0.6 is 68.0 Å². The standard InChI is InChI=1S/C100H135N3O4S6/c1-8-15-22-29-36-43-50-77-65-83(67-81(73-101)99(104)106-63-48-41-34-27-20-13-6)108-95(77)89-58-60-91(110-89)97-79(52-45-38-31-24-17-10-3)71-93(112-97)75-54-56-85-86-57-55-76(70-88(86)103(87(85)69-75)62-47-40-33-26-19-12-5)94-72-80(53-46-39-32-25-18-11-4)98(113-94)92-61-59-90(111-92)96-78(51-44-37-30-23-16-9-2)66-84(109-96)68-82(74-102)100(105)107-64-49-42-35-28-21-14-7/h54-61,65-72H,8-53,62-64H2,1-7H3/b81-67+,82-68+. The minimum atomic E-state index is -0.519. The zero-order chi connectivity index (χ0) is 79.6. The summed E-state index contributed by atoms with van der Waals surface area (Å²) in [7, 11) is 0. The lowest BCUT2D eigenvalue weighted by molar-refractivity contribution is -0.139. The van der Waals surface area contributed by atoms with Gasteiger partial charge in [-0.15, -0.1) is 68.0 Å². The molecule has 0 saturated heterocycles. The Labute approximate surface area is 706 Å². The number of esters is 2. The number of aryl methyl sites for hydroxylation is 5. The van der Waals surface area contributed by atoms with Crippen LogP contribution in [0, 0.1) is 22.7 Å². The van der Waals surface area contributed by atoms with Gasteiger partial charge in [-0.2, -0.15) is 10.5 Å². The summed E-state index contributed by atoms with van der Waals surface area (Å²) >= 11 is 11.2. The molecule has 9 rings (SSSR count). The first kappa shape index (κ1) is 90.8. The van der Waals surface area contributed by atoms with E-state index in [0.29, 0.717) is 13.2 Å². The number of aromatic nitrogens is 1. The van der Waals surface area contributed by atoms with Crippen molar-refractivity contribution in [3.05, 3.63) is 128 Å². The number of thiophene rings is 6. The second-order valence-corrected chi connectivity index (χ2v) is 38.3. The Balaban J connectivity index is 1.06. The number of ether oxygens (including phenoxy) is 2. The van der Waals surface area contributed by atoms with E-state index in [-0.39, 0.29) is 11.1 Å². The van der Waals surface area contributed by atoms with E-state index in [0.717, 1.165) is 99.8 Å². The molecule has 9 aromatic rings. The van der Waals surface area contributed by atoms with Gasteiger partial charge in [-0.3, -0.25) is 0 Å². The molecule has 0 bridgehead atoms. The first-order valence-electron chi connectivity index (χ1n) is 44.9. The molecule has 0 aliphatic carbocycles. The second kappa shape index (κ2) is 51.8. The molecule has 7 heterocycles. The first-order valence-corrected chi connectivity index (χ1v) is 49.8. The zero-order valence-electron chi connectivity index (χ0n) is 70.3. The van der Waals surface area contributed by atoms with E-state index in [9.17, 15) is 20.1 Å². The summed E-state index contributed by atoms with van der Waals surface area (Å²) in [5, 5.41) is 23.3. The normalized spacial score (nSPS) is 12.0. The lowest BCUT2D eigenvalue weighted by atomic mass is 10.0. The zero-order valence-corrected chi connectivity index (χ0v) is 75.2. The van der Waals surface area contributed by atoms with Crippen LogP contribution in [-0.4, -0.2) is 29.7 Å². The van der Waals surface area contributed by atoms with Crippen LogP contribution in [-0.2, 0) is 51.3 Å². The van der Waals surface area contributed by atoms with Gasteiger partial charge in [-0.1, -0.05) is 297 Å². The van der Waals surface area contributed by atoms with Crippen molar-refractivity contribution >= 4 is 114 Å². The number of rotatable bonds is 59. The van der Waals surface area contributed by atoms with E-state index in [1.807, 2.05) is 45.3 Å². The maximum atomic E-state index is 13.4. The van der Waals surface area contributed by atoms with Crippen LogP contribution in [0.4, 0.5) is 0 Å². The molecule has 7 nitrogen and oxygen atoms in total. The minimum Gasteiger partial charge on any atom is -0.462 e. The SMILES string of the molecule is CCCCCCCCOC(=O)/C(C#N)=C/c1cc(CCCCCCCC)c(-c2ccc(-c3sc(-c4ccc5c6ccc(-c7cc(CCCCCCCC)c(-c8ccc(-c9sc(/C=C(\C#N)C(=O)OCCCCCCCC)cc9CCCCCCCC)s8)s7)cc6n(CCCCCCCC)c5c4)cc3CCCCCCCC)s2)s1. The molecule has 0 aliphatic heterocycles. The van der Waals surface area contributed by atoms with Crippen LogP contribution in [0.15, 0.2) is 96.1 Å². The molecule has 0 fully saturated rings. The predicted octanol–water partition coefficient (Wildman–Crippen LogP) is 33.8. The molecule has 7 aromatic heterocycles. The fourth-order valence-electron chi connectivity index (χ4n) is 15.8. The van der Waals surface area contributed by atoms with Gasteiger partial charge in [0.2, 0.25) is 0 Å². The number of fused-ring (bicyclic) bond motifs is 3. The third kappa shape index (κ3) is 28.6. The molecule has 0 radical (unpaired) electrons. The Morgan fingerprint density at radius 2 is 0.602 bits per heavy atom. The summed E-state index contributed by atoms with van der Waals surface area (Å²) < 4.78 is 14.1. The van der Waals surface area contributed by atoms with E-state index < -0.39 is 11.9 Å². The van der Waals surface area contributed by atoms with Gasteiger partial charge in [0, 0.05) is 86.9 Å². The van der Waals surface area contributed by atoms with Crippen molar-refractivity contribution in [2.24, 2.45) is 0 Å². The topological polar surface area (TPSA) is 105 Å². The Bertz CT molecular complexity index is 4170. The molecular weight excluding hydrogens is 1500 g/mol. The van der Waals surface area contributed by atoms with Gasteiger partial charge in [0.15, 0.2) is 0 Å². The van der Waals surface area contributed by atoms with Crippen LogP contribution in [0.5, 0.6) is 0 Å². The number of carbonyl (C=O) groups is 2. The summed E-state index contributed by atoms with van der Waals surface area (Å²) in [5.74, 6) is -1.04. The third-order valence-corrected chi connectivity index (χ3v) is 30.1. The quantitative estimate of drug-likeness (QED) is 0.0163. The van der Waals surface area contributed by atoms with Gasteiger partial charge in [0.25, 0.3) is 0 Å². The number of hydrogen-bond donors (Lipinski definition) is 0.